The van der Waals surface area contributed by atoms with Gasteiger partial charge in [-0.3, -0.25) is 9.45 Å². The van der Waals surface area contributed by atoms with Crippen molar-refractivity contribution in [1.29, 1.82) is 15.8 Å². The standard InChI is InChI=1S/C28H23N3O.C27H23NO2.C5H11NSi/c29-18-20-6-4-9-22(14-20)23-11-12-27-25(15-23)26(31-19-30)17-28(32-27)13-5-10-24(16-28)21-7-2-1-3-8-21;28-18-19-6-4-9-21(14-19)22-11-12-26-24(15-22)25(29)17-27(30-26)13-5-10-23(16-27)20-7-2-1-3-8-20;1-5-6-7(2,3)4/h1-4,6-9,11-12,14-15,24H,5,10,13,16-17H2;1-4,6-9,11-12,14-15,23H,5,10,13,16-17H2;1H2,2-4H3. The summed E-state index contributed by atoms with van der Waals surface area (Å²) in [5.41, 5.74) is 9.34. The summed E-state index contributed by atoms with van der Waals surface area (Å²) in [5, 5.41) is 27.8. The molecule has 10 rings (SSSR count). The average Bonchev–Trinajstić information content (AvgIpc) is 3.37. The first-order valence-corrected chi connectivity index (χ1v) is 27.4. The van der Waals surface area contributed by atoms with Gasteiger partial charge < -0.3 is 9.47 Å². The number of aliphatic imine (C=N–C) groups is 1. The molecule has 0 radical (unpaired) electrons. The molecule has 2 heterocycles. The summed E-state index contributed by atoms with van der Waals surface area (Å²) < 4.78 is 17.3. The van der Waals surface area contributed by atoms with Crippen molar-refractivity contribution in [3.8, 4) is 52.1 Å². The lowest BCUT2D eigenvalue weighted by atomic mass is 9.71. The van der Waals surface area contributed by atoms with Crippen molar-refractivity contribution in [3.05, 3.63) is 186 Å². The van der Waals surface area contributed by atoms with Gasteiger partial charge in [0.15, 0.2) is 14.0 Å². The lowest BCUT2D eigenvalue weighted by Crippen LogP contribution is -2.45. The van der Waals surface area contributed by atoms with Crippen molar-refractivity contribution in [1.82, 2.24) is 0 Å². The molecule has 0 N–H and O–H groups in total. The van der Waals surface area contributed by atoms with Gasteiger partial charge in [0, 0.05) is 12.0 Å². The van der Waals surface area contributed by atoms with Crippen LogP contribution in [0.2, 0.25) is 19.6 Å². The summed E-state index contributed by atoms with van der Waals surface area (Å²) in [7, 11) is -1.21. The number of benzene rings is 6. The van der Waals surface area contributed by atoms with E-state index in [1.807, 2.05) is 85.1 Å². The number of fused-ring (bicyclic) bond motifs is 2. The van der Waals surface area contributed by atoms with Gasteiger partial charge in [0.05, 0.1) is 41.0 Å². The van der Waals surface area contributed by atoms with Gasteiger partial charge in [0.25, 0.3) is 0 Å². The number of rotatable bonds is 5. The zero-order valence-corrected chi connectivity index (χ0v) is 40.8. The van der Waals surface area contributed by atoms with Gasteiger partial charge >= 0.3 is 0 Å². The SMILES string of the molecule is C=C=N[Si](C)(C)C.N#CN=C1CC2(CCCC(c3ccccc3)C2)Oc2ccc(-c3cccc(C#N)c3)cc21.N#Cc1cccc(-c2ccc3c(c2)C(=O)CC2(CCCC(c4ccccc4)C2)O3)c1. The van der Waals surface area contributed by atoms with Crippen molar-refractivity contribution in [2.75, 3.05) is 0 Å². The molecular formula is C60H57N5O3Si. The van der Waals surface area contributed by atoms with Crippen LogP contribution < -0.4 is 9.47 Å². The molecule has 0 saturated heterocycles. The van der Waals surface area contributed by atoms with Gasteiger partial charge in [-0.2, -0.15) is 20.8 Å². The summed E-state index contributed by atoms with van der Waals surface area (Å²) in [6, 6.07) is 52.5. The molecule has 2 aliphatic carbocycles. The Balaban J connectivity index is 0.000000164. The van der Waals surface area contributed by atoms with Gasteiger partial charge in [-0.05, 0) is 177 Å². The molecule has 6 aromatic carbocycles. The molecule has 9 heteroatoms. The number of ketones is 1. The third-order valence-electron chi connectivity index (χ3n) is 13.6. The number of ether oxygens (including phenoxy) is 2. The van der Waals surface area contributed by atoms with E-state index < -0.39 is 13.8 Å². The minimum Gasteiger partial charge on any atom is -0.486 e. The fourth-order valence-corrected chi connectivity index (χ4v) is 10.9. The van der Waals surface area contributed by atoms with Gasteiger partial charge in [0.1, 0.15) is 22.7 Å². The van der Waals surface area contributed by atoms with Crippen LogP contribution in [0, 0.1) is 34.1 Å². The highest BCUT2D eigenvalue weighted by Gasteiger charge is 2.45. The number of Topliss-reactive ketones (excluding diaryl/α,β-unsaturated/α-hetero) is 1. The van der Waals surface area contributed by atoms with Crippen LogP contribution in [-0.2, 0) is 0 Å². The Bertz CT molecular complexity index is 3040. The molecular weight excluding hydrogens is 867 g/mol. The van der Waals surface area contributed by atoms with E-state index in [0.717, 1.165) is 90.6 Å². The van der Waals surface area contributed by atoms with Crippen molar-refractivity contribution in [2.24, 2.45) is 9.65 Å². The van der Waals surface area contributed by atoms with Crippen LogP contribution >= 0.6 is 0 Å². The first-order chi connectivity index (χ1) is 33.4. The predicted octanol–water partition coefficient (Wildman–Crippen LogP) is 14.3. The van der Waals surface area contributed by atoms with Crippen LogP contribution in [0.5, 0.6) is 11.5 Å². The number of hydrogen-bond acceptors (Lipinski definition) is 8. The van der Waals surface area contributed by atoms with E-state index in [2.05, 4.69) is 108 Å². The molecule has 2 aliphatic heterocycles. The molecule has 2 fully saturated rings. The fraction of sp³-hybridized carbons (Fsp3) is 0.283. The highest BCUT2D eigenvalue weighted by molar-refractivity contribution is 6.75. The molecule has 4 unspecified atom stereocenters. The van der Waals surface area contributed by atoms with Crippen LogP contribution in [0.1, 0.15) is 114 Å². The van der Waals surface area contributed by atoms with Crippen molar-refractivity contribution in [2.45, 2.75) is 107 Å². The van der Waals surface area contributed by atoms with Crippen molar-refractivity contribution < 1.29 is 14.3 Å². The van der Waals surface area contributed by atoms with E-state index in [0.29, 0.717) is 47.1 Å². The number of carbonyl (C=O) groups excluding carboxylic acids is 1. The quantitative estimate of drug-likeness (QED) is 0.0961. The first-order valence-electron chi connectivity index (χ1n) is 23.9. The zero-order valence-electron chi connectivity index (χ0n) is 39.8. The van der Waals surface area contributed by atoms with E-state index in [9.17, 15) is 15.3 Å². The van der Waals surface area contributed by atoms with E-state index in [1.54, 1.807) is 12.1 Å². The average molecular weight is 924 g/mol. The predicted molar refractivity (Wildman–Crippen MR) is 277 cm³/mol. The lowest BCUT2D eigenvalue weighted by Gasteiger charge is -2.44. The maximum atomic E-state index is 13.2. The minimum absolute atomic E-state index is 0.156. The summed E-state index contributed by atoms with van der Waals surface area (Å²) in [4.78, 5) is 17.4. The van der Waals surface area contributed by atoms with Gasteiger partial charge in [-0.1, -0.05) is 97.1 Å². The van der Waals surface area contributed by atoms with Crippen LogP contribution in [0.3, 0.4) is 0 Å². The van der Waals surface area contributed by atoms with Crippen LogP contribution in [0.4, 0.5) is 0 Å². The highest BCUT2D eigenvalue weighted by Crippen LogP contribution is 2.49. The molecule has 4 atom stereocenters. The van der Waals surface area contributed by atoms with Gasteiger partial charge in [0.2, 0.25) is 6.19 Å². The molecule has 6 aromatic rings. The van der Waals surface area contributed by atoms with Crippen LogP contribution in [0.25, 0.3) is 22.3 Å². The summed E-state index contributed by atoms with van der Waals surface area (Å²) >= 11 is 0. The lowest BCUT2D eigenvalue weighted by molar-refractivity contribution is 0.00724. The Hall–Kier alpha value is -7.60. The number of carbonyl (C=O) groups is 1. The Labute approximate surface area is 408 Å². The van der Waals surface area contributed by atoms with Crippen molar-refractivity contribution in [3.63, 3.8) is 0 Å². The third kappa shape index (κ3) is 11.6. The number of hydrogen-bond donors (Lipinski definition) is 0. The summed E-state index contributed by atoms with van der Waals surface area (Å²) in [6.45, 7) is 9.82. The van der Waals surface area contributed by atoms with Crippen LogP contribution in [0.15, 0.2) is 162 Å². The number of nitriles is 3. The molecule has 69 heavy (non-hydrogen) atoms. The van der Waals surface area contributed by atoms with Gasteiger partial charge in [-0.15, -0.1) is 0 Å². The Morgan fingerprint density at radius 2 is 1.07 bits per heavy atom. The molecule has 4 aliphatic rings. The zero-order chi connectivity index (χ0) is 48.4. The highest BCUT2D eigenvalue weighted by atomic mass is 28.3. The Morgan fingerprint density at radius 3 is 1.54 bits per heavy atom. The number of nitrogens with zero attached hydrogens (tertiary/aromatic N) is 5. The molecule has 2 saturated carbocycles. The molecule has 2 spiro atoms. The van der Waals surface area contributed by atoms with E-state index >= 15 is 0 Å². The monoisotopic (exact) mass is 923 g/mol. The molecule has 0 bridgehead atoms. The first kappa shape index (κ1) is 47.9. The van der Waals surface area contributed by atoms with E-state index in [-0.39, 0.29) is 11.4 Å². The second-order valence-electron chi connectivity index (χ2n) is 19.7. The van der Waals surface area contributed by atoms with Crippen molar-refractivity contribution >= 4 is 25.6 Å². The maximum absolute atomic E-state index is 13.2. The molecule has 8 nitrogen and oxygen atoms in total. The molecule has 344 valence electrons. The topological polar surface area (TPSA) is 132 Å². The minimum atomic E-state index is -1.21. The molecule has 0 aromatic heterocycles. The van der Waals surface area contributed by atoms with Gasteiger partial charge in [-0.25, -0.2) is 0 Å². The van der Waals surface area contributed by atoms with E-state index in [1.165, 1.54) is 11.1 Å². The second-order valence-corrected chi connectivity index (χ2v) is 24.2. The third-order valence-corrected chi connectivity index (χ3v) is 14.4. The fourth-order valence-electron chi connectivity index (χ4n) is 10.5. The summed E-state index contributed by atoms with van der Waals surface area (Å²) in [6.07, 6.45) is 11.2. The van der Waals surface area contributed by atoms with Crippen LogP contribution in [-0.4, -0.2) is 36.8 Å². The van der Waals surface area contributed by atoms with E-state index in [4.69, 9.17) is 14.7 Å². The normalized spacial score (nSPS) is 21.6. The maximum Gasteiger partial charge on any atom is 0.205 e. The Kier molecular flexibility index (Phi) is 14.7. The largest absolute Gasteiger partial charge is 0.486 e. The Morgan fingerprint density at radius 1 is 0.594 bits per heavy atom. The smallest absolute Gasteiger partial charge is 0.205 e. The second kappa shape index (κ2) is 21.1. The molecule has 0 amide bonds. The summed E-state index contributed by atoms with van der Waals surface area (Å²) in [5.74, 6) is 5.07.